The number of nitrogens with one attached hydrogen (secondary N) is 1. The summed E-state index contributed by atoms with van der Waals surface area (Å²) in [6.45, 7) is 5.76. The zero-order chi connectivity index (χ0) is 31.5. The molecule has 0 fully saturated rings. The highest BCUT2D eigenvalue weighted by atomic mass is 35.5. The van der Waals surface area contributed by atoms with E-state index >= 15 is 0 Å². The van der Waals surface area contributed by atoms with Gasteiger partial charge in [-0.2, -0.15) is 10.5 Å². The summed E-state index contributed by atoms with van der Waals surface area (Å²) >= 11 is 9.00. The van der Waals surface area contributed by atoms with Crippen LogP contribution in [0.15, 0.2) is 58.9 Å². The molecule has 0 aliphatic heterocycles. The number of thiazole rings is 1. The van der Waals surface area contributed by atoms with Crippen molar-refractivity contribution in [3.63, 3.8) is 0 Å². The van der Waals surface area contributed by atoms with Gasteiger partial charge < -0.3 is 19.7 Å². The number of anilines is 1. The fraction of sp³-hybridized carbons (Fsp3) is 0.281. The molecule has 0 amide bonds. The number of nitrogens with zero attached hydrogens (tertiary/aromatic N) is 5. The number of ether oxygens (including phenoxy) is 2. The molecule has 0 saturated carbocycles. The molecule has 4 aromatic rings. The van der Waals surface area contributed by atoms with E-state index in [1.165, 1.54) is 11.8 Å². The summed E-state index contributed by atoms with van der Waals surface area (Å²) < 4.78 is 10.8. The van der Waals surface area contributed by atoms with Crippen LogP contribution in [0, 0.1) is 22.7 Å². The Kier molecular flexibility index (Phi) is 12.0. The van der Waals surface area contributed by atoms with Gasteiger partial charge in [-0.25, -0.2) is 9.97 Å². The average molecular weight is 647 g/mol. The van der Waals surface area contributed by atoms with E-state index in [1.54, 1.807) is 30.5 Å². The Morgan fingerprint density at radius 3 is 2.32 bits per heavy atom. The topological polar surface area (TPSA) is 124 Å². The number of hydrogen-bond acceptors (Lipinski definition) is 11. The number of nitriles is 2. The van der Waals surface area contributed by atoms with Gasteiger partial charge in [-0.05, 0) is 50.7 Å². The molecule has 2 heterocycles. The number of aromatic nitrogens is 2. The Morgan fingerprint density at radius 2 is 1.68 bits per heavy atom. The molecule has 12 heteroatoms. The predicted octanol–water partition coefficient (Wildman–Crippen LogP) is 6.55. The number of likely N-dealkylation sites (N-methyl/N-ethyl adjacent to an activating group) is 1. The highest BCUT2D eigenvalue weighted by Crippen LogP contribution is 2.39. The molecule has 9 nitrogen and oxygen atoms in total. The van der Waals surface area contributed by atoms with Gasteiger partial charge in [0.1, 0.15) is 52.5 Å². The average Bonchev–Trinajstić information content (AvgIpc) is 3.52. The maximum Gasteiger partial charge on any atom is 0.320 e. The van der Waals surface area contributed by atoms with E-state index in [0.29, 0.717) is 62.7 Å². The number of hydrogen-bond donors (Lipinski definition) is 1. The third kappa shape index (κ3) is 8.07. The minimum absolute atomic E-state index is 0.123. The Morgan fingerprint density at radius 1 is 1.00 bits per heavy atom. The van der Waals surface area contributed by atoms with E-state index in [-0.39, 0.29) is 25.7 Å². The van der Waals surface area contributed by atoms with Gasteiger partial charge in [-0.1, -0.05) is 47.6 Å². The van der Waals surface area contributed by atoms with Crippen molar-refractivity contribution in [2.24, 2.45) is 0 Å². The fourth-order valence-electron chi connectivity index (χ4n) is 4.38. The smallest absolute Gasteiger partial charge is 0.320 e. The van der Waals surface area contributed by atoms with Gasteiger partial charge in [-0.15, -0.1) is 11.3 Å². The van der Waals surface area contributed by atoms with Crippen LogP contribution in [-0.2, 0) is 15.3 Å². The van der Waals surface area contributed by atoms with Crippen molar-refractivity contribution in [3.05, 3.63) is 75.8 Å². The van der Waals surface area contributed by atoms with Gasteiger partial charge in [-0.3, -0.25) is 4.79 Å². The molecule has 2 aromatic heterocycles. The third-order valence-electron chi connectivity index (χ3n) is 6.51. The number of rotatable bonds is 14. The molecule has 0 atom stereocenters. The van der Waals surface area contributed by atoms with Crippen LogP contribution in [0.4, 0.5) is 5.82 Å². The van der Waals surface area contributed by atoms with E-state index in [4.69, 9.17) is 31.0 Å². The molecule has 0 unspecified atom stereocenters. The minimum atomic E-state index is -0.355. The first-order chi connectivity index (χ1) is 21.4. The van der Waals surface area contributed by atoms with Crippen LogP contribution in [-0.4, -0.2) is 55.8 Å². The van der Waals surface area contributed by atoms with E-state index < -0.39 is 0 Å². The van der Waals surface area contributed by atoms with Gasteiger partial charge in [0, 0.05) is 40.4 Å². The standard InChI is InChI=1S/C32H31ClN6O3S2/c1-4-39(5-2)30-26(16-34)29(21-8-12-25(13-9-21)41-14-15-42-28(40)18-36-3)27(17-35)32(38-30)44-20-24-19-43-31(37-24)22-6-10-23(33)11-7-22/h6-13,19,36H,4-5,14-15,18,20H2,1-3H3. The first-order valence-corrected chi connectivity index (χ1v) is 16.2. The van der Waals surface area contributed by atoms with E-state index in [1.807, 2.05) is 60.5 Å². The van der Waals surface area contributed by atoms with Crippen molar-refractivity contribution in [1.82, 2.24) is 15.3 Å². The van der Waals surface area contributed by atoms with Gasteiger partial charge in [0.2, 0.25) is 0 Å². The first kappa shape index (κ1) is 32.8. The number of benzene rings is 2. The number of halogens is 1. The Labute approximate surface area is 270 Å². The summed E-state index contributed by atoms with van der Waals surface area (Å²) in [5, 5.41) is 27.5. The lowest BCUT2D eigenvalue weighted by molar-refractivity contribution is -0.143. The molecule has 0 aliphatic carbocycles. The van der Waals surface area contributed by atoms with Crippen molar-refractivity contribution in [2.75, 3.05) is 44.8 Å². The first-order valence-electron chi connectivity index (χ1n) is 13.9. The lowest BCUT2D eigenvalue weighted by Gasteiger charge is -2.24. The normalized spacial score (nSPS) is 10.6. The van der Waals surface area contributed by atoms with E-state index in [0.717, 1.165) is 16.3 Å². The summed E-state index contributed by atoms with van der Waals surface area (Å²) in [4.78, 5) is 23.2. The zero-order valence-corrected chi connectivity index (χ0v) is 27.0. The van der Waals surface area contributed by atoms with Crippen LogP contribution >= 0.6 is 34.7 Å². The van der Waals surface area contributed by atoms with Crippen molar-refractivity contribution >= 4 is 46.5 Å². The number of pyridine rings is 1. The van der Waals surface area contributed by atoms with Crippen LogP contribution < -0.4 is 15.0 Å². The highest BCUT2D eigenvalue weighted by Gasteiger charge is 2.24. The highest BCUT2D eigenvalue weighted by molar-refractivity contribution is 7.98. The summed E-state index contributed by atoms with van der Waals surface area (Å²) in [7, 11) is 1.67. The minimum Gasteiger partial charge on any atom is -0.490 e. The van der Waals surface area contributed by atoms with Crippen molar-refractivity contribution in [1.29, 1.82) is 10.5 Å². The largest absolute Gasteiger partial charge is 0.490 e. The number of carbonyl (C=O) groups is 1. The van der Waals surface area contributed by atoms with Crippen LogP contribution in [0.25, 0.3) is 21.7 Å². The lowest BCUT2D eigenvalue weighted by Crippen LogP contribution is -2.25. The molecular weight excluding hydrogens is 616 g/mol. The molecule has 0 saturated heterocycles. The van der Waals surface area contributed by atoms with Gasteiger partial charge in [0.25, 0.3) is 0 Å². The second-order valence-electron chi connectivity index (χ2n) is 9.32. The Balaban J connectivity index is 1.63. The monoisotopic (exact) mass is 646 g/mol. The molecule has 4 rings (SSSR count). The lowest BCUT2D eigenvalue weighted by atomic mass is 9.96. The second-order valence-corrected chi connectivity index (χ2v) is 11.6. The molecule has 0 radical (unpaired) electrons. The van der Waals surface area contributed by atoms with Crippen LogP contribution in [0.2, 0.25) is 5.02 Å². The second kappa shape index (κ2) is 16.1. The van der Waals surface area contributed by atoms with Crippen LogP contribution in [0.3, 0.4) is 0 Å². The summed E-state index contributed by atoms with van der Waals surface area (Å²) in [6, 6.07) is 19.4. The molecular formula is C32H31ClN6O3S2. The molecule has 1 N–H and O–H groups in total. The molecule has 44 heavy (non-hydrogen) atoms. The van der Waals surface area contributed by atoms with Crippen molar-refractivity contribution in [3.8, 4) is 39.6 Å². The summed E-state index contributed by atoms with van der Waals surface area (Å²) in [5.41, 5.74) is 3.76. The van der Waals surface area contributed by atoms with Crippen LogP contribution in [0.1, 0.15) is 30.7 Å². The summed E-state index contributed by atoms with van der Waals surface area (Å²) in [6.07, 6.45) is 0. The molecule has 0 aliphatic rings. The van der Waals surface area contributed by atoms with Crippen molar-refractivity contribution in [2.45, 2.75) is 24.6 Å². The molecule has 0 spiro atoms. The third-order valence-corrected chi connectivity index (χ3v) is 8.71. The van der Waals surface area contributed by atoms with Gasteiger partial charge >= 0.3 is 5.97 Å². The van der Waals surface area contributed by atoms with Gasteiger partial charge in [0.05, 0.1) is 17.8 Å². The number of thioether (sulfide) groups is 1. The zero-order valence-electron chi connectivity index (χ0n) is 24.6. The Bertz CT molecular complexity index is 1660. The van der Waals surface area contributed by atoms with E-state index in [9.17, 15) is 15.3 Å². The number of esters is 1. The molecule has 0 bridgehead atoms. The predicted molar refractivity (Wildman–Crippen MR) is 175 cm³/mol. The maximum atomic E-state index is 11.5. The molecule has 226 valence electrons. The molecule has 2 aromatic carbocycles. The van der Waals surface area contributed by atoms with Gasteiger partial charge in [0.15, 0.2) is 0 Å². The fourth-order valence-corrected chi connectivity index (χ4v) is 6.31. The maximum absolute atomic E-state index is 11.5. The number of carbonyl (C=O) groups excluding carboxylic acids is 1. The van der Waals surface area contributed by atoms with Crippen molar-refractivity contribution < 1.29 is 14.3 Å². The quantitative estimate of drug-likeness (QED) is 0.0916. The summed E-state index contributed by atoms with van der Waals surface area (Å²) in [5.74, 6) is 1.26. The van der Waals surface area contributed by atoms with E-state index in [2.05, 4.69) is 17.5 Å². The SMILES string of the molecule is CCN(CC)c1nc(SCc2csc(-c3ccc(Cl)cc3)n2)c(C#N)c(-c2ccc(OCCOC(=O)CNC)cc2)c1C#N. The Hall–Kier alpha value is -4.13. The van der Waals surface area contributed by atoms with Crippen LogP contribution in [0.5, 0.6) is 5.75 Å².